The molecule has 0 radical (unpaired) electrons. The van der Waals surface area contributed by atoms with Crippen LogP contribution in [0.5, 0.6) is 0 Å². The summed E-state index contributed by atoms with van der Waals surface area (Å²) >= 11 is 0. The minimum Gasteiger partial charge on any atom is -0.309 e. The number of benzene rings is 20. The summed E-state index contributed by atoms with van der Waals surface area (Å²) in [5.41, 5.74) is 43.9. The number of para-hydroxylation sites is 4. The summed E-state index contributed by atoms with van der Waals surface area (Å²) in [5, 5.41) is 9.76. The number of fused-ring (bicyclic) bond motifs is 12. The van der Waals surface area contributed by atoms with Crippen molar-refractivity contribution >= 4 is 87.2 Å². The molecule has 0 saturated carbocycles. The van der Waals surface area contributed by atoms with Crippen molar-refractivity contribution < 1.29 is 0 Å². The summed E-state index contributed by atoms with van der Waals surface area (Å²) in [6, 6.07) is 200. The van der Waals surface area contributed by atoms with Crippen molar-refractivity contribution in [3.8, 4) is 180 Å². The molecule has 0 fully saturated rings. The highest BCUT2D eigenvalue weighted by Gasteiger charge is 2.24. The van der Waals surface area contributed by atoms with Gasteiger partial charge in [-0.15, -0.1) is 0 Å². The molecule has 8 heterocycles. The molecule has 0 unspecified atom stereocenters. The van der Waals surface area contributed by atoms with Crippen LogP contribution in [-0.4, -0.2) is 38.2 Å². The molecule has 0 N–H and O–H groups in total. The Bertz CT molecular complexity index is 9110. The van der Waals surface area contributed by atoms with E-state index in [1.54, 1.807) is 0 Å². The average molecular weight is 1890 g/mol. The second-order valence-corrected chi connectivity index (χ2v) is 38.0. The van der Waals surface area contributed by atoms with E-state index in [4.69, 9.17) is 19.9 Å². The summed E-state index contributed by atoms with van der Waals surface area (Å²) < 4.78 is 9.63. The number of pyridine rings is 4. The number of aromatic nitrogens is 8. The third-order valence-electron chi connectivity index (χ3n) is 29.0. The minimum absolute atomic E-state index is 0.949. The lowest BCUT2D eigenvalue weighted by Gasteiger charge is -2.13. The van der Waals surface area contributed by atoms with Crippen LogP contribution in [0.25, 0.3) is 267 Å². The highest BCUT2D eigenvalue weighted by atomic mass is 15.0. The molecule has 8 nitrogen and oxygen atoms in total. The van der Waals surface area contributed by atoms with Gasteiger partial charge in [0.25, 0.3) is 0 Å². The summed E-state index contributed by atoms with van der Waals surface area (Å²) in [7, 11) is 0. The van der Waals surface area contributed by atoms with Crippen molar-refractivity contribution in [2.45, 2.75) is 0 Å². The van der Waals surface area contributed by atoms with Crippen molar-refractivity contribution in [2.24, 2.45) is 0 Å². The number of rotatable bonds is 18. The molecule has 0 amide bonds. The first kappa shape index (κ1) is 87.2. The Balaban J connectivity index is 0.000000146. The maximum absolute atomic E-state index is 5.16. The zero-order valence-corrected chi connectivity index (χ0v) is 80.7. The molecular formula is C140H92N8. The first-order valence-corrected chi connectivity index (χ1v) is 50.4. The van der Waals surface area contributed by atoms with Crippen LogP contribution in [0.2, 0.25) is 0 Å². The van der Waals surface area contributed by atoms with Gasteiger partial charge in [-0.25, -0.2) is 19.9 Å². The second kappa shape index (κ2) is 37.6. The normalized spacial score (nSPS) is 11.5. The van der Waals surface area contributed by atoms with Crippen molar-refractivity contribution in [3.05, 3.63) is 558 Å². The monoisotopic (exact) mass is 1880 g/mol. The molecule has 0 bridgehead atoms. The van der Waals surface area contributed by atoms with Gasteiger partial charge < -0.3 is 18.3 Å². The first-order valence-electron chi connectivity index (χ1n) is 50.4. The SMILES string of the molecule is c1ccc(-c2cc(-c3ccc(-n4c5ccccc5c5cc(-c6ccc7c(c6)c6ccccc6n7-c6ccc(-c7cc(-c8ccccc8)nc(-c8ccccc8)c7)cc6)ccc54)cc3)cc(-c3ccccc3)n2)cc1.c1ccc(-c2cc(-c3cccc(-n4c5ccccc5c5cc(-c6ccc7c(c6)c6ccccc6n7-c6cccc(-c7cc(-c8ccccc8)nc(-c8ccccc8)c7)c6)ccc54)c3)cc(-c3ccccc3)n2)cc1. The smallest absolute Gasteiger partial charge is 0.0715 e. The van der Waals surface area contributed by atoms with E-state index in [2.05, 4.69) is 552 Å². The van der Waals surface area contributed by atoms with Gasteiger partial charge >= 0.3 is 0 Å². The van der Waals surface area contributed by atoms with E-state index in [-0.39, 0.29) is 0 Å². The van der Waals surface area contributed by atoms with Gasteiger partial charge in [-0.1, -0.05) is 388 Å². The predicted molar refractivity (Wildman–Crippen MR) is 618 cm³/mol. The molecule has 148 heavy (non-hydrogen) atoms. The van der Waals surface area contributed by atoms with E-state index < -0.39 is 0 Å². The summed E-state index contributed by atoms with van der Waals surface area (Å²) in [5.74, 6) is 0. The van der Waals surface area contributed by atoms with Crippen LogP contribution in [0.1, 0.15) is 0 Å². The lowest BCUT2D eigenvalue weighted by Crippen LogP contribution is -1.95. The molecule has 28 rings (SSSR count). The molecule has 8 aromatic heterocycles. The summed E-state index contributed by atoms with van der Waals surface area (Å²) in [6.45, 7) is 0. The van der Waals surface area contributed by atoms with Crippen LogP contribution in [-0.2, 0) is 0 Å². The highest BCUT2D eigenvalue weighted by Crippen LogP contribution is 2.46. The maximum atomic E-state index is 5.16. The van der Waals surface area contributed by atoms with Gasteiger partial charge in [0.05, 0.1) is 89.7 Å². The fourth-order valence-electron chi connectivity index (χ4n) is 21.8. The van der Waals surface area contributed by atoms with Crippen LogP contribution >= 0.6 is 0 Å². The molecule has 0 aliphatic heterocycles. The molecule has 0 atom stereocenters. The quantitative estimate of drug-likeness (QED) is 0.0858. The Labute approximate surface area is 857 Å². The van der Waals surface area contributed by atoms with Crippen molar-refractivity contribution in [2.75, 3.05) is 0 Å². The molecule has 0 aliphatic rings. The molecule has 0 spiro atoms. The zero-order valence-electron chi connectivity index (χ0n) is 80.7. The van der Waals surface area contributed by atoms with Crippen molar-refractivity contribution in [1.29, 1.82) is 0 Å². The van der Waals surface area contributed by atoms with Gasteiger partial charge in [-0.2, -0.15) is 0 Å². The third kappa shape index (κ3) is 16.3. The Morgan fingerprint density at radius 3 is 0.486 bits per heavy atom. The molecule has 0 aliphatic carbocycles. The molecule has 28 aromatic rings. The van der Waals surface area contributed by atoms with E-state index in [1.165, 1.54) is 98.4 Å². The van der Waals surface area contributed by atoms with E-state index >= 15 is 0 Å². The Morgan fingerprint density at radius 1 is 0.0946 bits per heavy atom. The molecular weight excluding hydrogens is 1790 g/mol. The Kier molecular flexibility index (Phi) is 22.1. The summed E-state index contributed by atoms with van der Waals surface area (Å²) in [4.78, 5) is 20.6. The van der Waals surface area contributed by atoms with Crippen LogP contribution < -0.4 is 0 Å². The van der Waals surface area contributed by atoms with E-state index in [0.29, 0.717) is 0 Å². The van der Waals surface area contributed by atoms with Gasteiger partial charge in [0, 0.05) is 110 Å². The van der Waals surface area contributed by atoms with Crippen molar-refractivity contribution in [3.63, 3.8) is 0 Å². The molecule has 8 heteroatoms. The van der Waals surface area contributed by atoms with Gasteiger partial charge in [-0.3, -0.25) is 0 Å². The first-order chi connectivity index (χ1) is 73.3. The lowest BCUT2D eigenvalue weighted by molar-refractivity contribution is 1.18. The van der Waals surface area contributed by atoms with E-state index in [1.807, 2.05) is 24.3 Å². The second-order valence-electron chi connectivity index (χ2n) is 38.0. The molecule has 0 saturated heterocycles. The van der Waals surface area contributed by atoms with Crippen LogP contribution in [0.15, 0.2) is 558 Å². The highest BCUT2D eigenvalue weighted by molar-refractivity contribution is 6.15. The molecule has 692 valence electrons. The largest absolute Gasteiger partial charge is 0.309 e. The Hall–Kier alpha value is -19.8. The molecule has 20 aromatic carbocycles. The van der Waals surface area contributed by atoms with Crippen LogP contribution in [0.3, 0.4) is 0 Å². The average Bonchev–Trinajstić information content (AvgIpc) is 1.58. The van der Waals surface area contributed by atoms with Gasteiger partial charge in [0.15, 0.2) is 0 Å². The minimum atomic E-state index is 0.949. The van der Waals surface area contributed by atoms with E-state index in [0.717, 1.165) is 168 Å². The number of hydrogen-bond acceptors (Lipinski definition) is 4. The fraction of sp³-hybridized carbons (Fsp3) is 0. The Morgan fingerprint density at radius 2 is 0.264 bits per heavy atom. The third-order valence-corrected chi connectivity index (χ3v) is 29.0. The lowest BCUT2D eigenvalue weighted by atomic mass is 9.99. The maximum Gasteiger partial charge on any atom is 0.0715 e. The van der Waals surface area contributed by atoms with Gasteiger partial charge in [-0.05, 0) is 237 Å². The zero-order chi connectivity index (χ0) is 97.9. The predicted octanol–water partition coefficient (Wildman–Crippen LogP) is 36.7. The van der Waals surface area contributed by atoms with Crippen LogP contribution in [0.4, 0.5) is 0 Å². The number of hydrogen-bond donors (Lipinski definition) is 0. The van der Waals surface area contributed by atoms with E-state index in [9.17, 15) is 0 Å². The standard InChI is InChI=1S/2C70H46N4/c1-5-19-47(20-6-1)63-43-55(44-64(71-63)48-21-7-2-8-22-48)51-27-17-29-57(39-51)73-67-33-15-13-31-59(67)61-41-53(35-37-69(61)73)54-36-38-70-62(42-54)60-32-14-16-34-68(60)74(70)58-30-18-28-52(40-58)56-45-65(49-23-9-3-10-24-49)72-66(46-56)50-25-11-4-12-26-50;1-5-17-49(18-6-1)63-43-55(44-64(71-63)50-19-7-2-8-20-50)47-29-35-57(36-30-47)73-67-27-15-13-25-59(67)61-41-53(33-39-69(61)73)54-34-40-70-62(42-54)60-26-14-16-28-68(60)74(70)58-37-31-48(32-38-58)56-45-65(51-21-9-3-10-22-51)72-66(46-56)52-23-11-4-12-24-52/h2*1-46H. The van der Waals surface area contributed by atoms with Crippen molar-refractivity contribution in [1.82, 2.24) is 38.2 Å². The fourth-order valence-corrected chi connectivity index (χ4v) is 21.8. The topological polar surface area (TPSA) is 71.3 Å². The summed E-state index contributed by atoms with van der Waals surface area (Å²) in [6.07, 6.45) is 0. The van der Waals surface area contributed by atoms with Gasteiger partial charge in [0.2, 0.25) is 0 Å². The van der Waals surface area contributed by atoms with Crippen LogP contribution in [0, 0.1) is 0 Å². The van der Waals surface area contributed by atoms with Gasteiger partial charge in [0.1, 0.15) is 0 Å². The number of nitrogens with zero attached hydrogens (tertiary/aromatic N) is 8.